The average molecular weight is 399 g/mol. The first-order valence-electron chi connectivity index (χ1n) is 10.1. The van der Waals surface area contributed by atoms with Crippen molar-refractivity contribution in [2.24, 2.45) is 5.92 Å². The first-order valence-corrected chi connectivity index (χ1v) is 10.1. The topological polar surface area (TPSA) is 69.7 Å². The first-order chi connectivity index (χ1) is 13.9. The molecule has 2 aromatic rings. The van der Waals surface area contributed by atoms with E-state index < -0.39 is 5.79 Å². The highest BCUT2D eigenvalue weighted by Crippen LogP contribution is 2.27. The van der Waals surface area contributed by atoms with Gasteiger partial charge in [0, 0.05) is 36.5 Å². The van der Waals surface area contributed by atoms with Crippen LogP contribution in [0.15, 0.2) is 36.7 Å². The van der Waals surface area contributed by atoms with Gasteiger partial charge in [0.25, 0.3) is 5.91 Å². The Balaban J connectivity index is 1.56. The van der Waals surface area contributed by atoms with Gasteiger partial charge in [0.1, 0.15) is 12.4 Å². The number of ether oxygens (including phenoxy) is 3. The van der Waals surface area contributed by atoms with E-state index in [1.54, 1.807) is 12.4 Å². The van der Waals surface area contributed by atoms with Crippen molar-refractivity contribution < 1.29 is 19.0 Å². The lowest BCUT2D eigenvalue weighted by Gasteiger charge is -2.26. The zero-order valence-corrected chi connectivity index (χ0v) is 17.7. The Morgan fingerprint density at radius 1 is 1.28 bits per heavy atom. The molecule has 1 aliphatic rings. The van der Waals surface area contributed by atoms with E-state index >= 15 is 0 Å². The minimum absolute atomic E-state index is 0.0831. The standard InChI is InChI=1S/C23H30N2O4/c1-16(12-23(4)28-8-9-29-23)13-25-22(26)20-10-17(2)21(18(3)11-20)27-15-19-6-5-7-24-14-19/h5-7,10-11,14,16H,8-9,12-13,15H2,1-4H3,(H,25,26). The zero-order valence-electron chi connectivity index (χ0n) is 17.7. The van der Waals surface area contributed by atoms with Gasteiger partial charge in [0.15, 0.2) is 5.79 Å². The van der Waals surface area contributed by atoms with Crippen molar-refractivity contribution in [2.75, 3.05) is 19.8 Å². The lowest BCUT2D eigenvalue weighted by molar-refractivity contribution is -0.153. The van der Waals surface area contributed by atoms with Crippen molar-refractivity contribution >= 4 is 5.91 Å². The molecule has 1 fully saturated rings. The minimum atomic E-state index is -0.537. The highest BCUT2D eigenvalue weighted by atomic mass is 16.7. The molecule has 1 saturated heterocycles. The van der Waals surface area contributed by atoms with Gasteiger partial charge in [-0.05, 0) is 56.0 Å². The van der Waals surface area contributed by atoms with Crippen LogP contribution in [0.2, 0.25) is 0 Å². The lowest BCUT2D eigenvalue weighted by Crippen LogP contribution is -2.34. The van der Waals surface area contributed by atoms with Crippen molar-refractivity contribution in [1.82, 2.24) is 10.3 Å². The molecule has 0 aliphatic carbocycles. The predicted octanol–water partition coefficient (Wildman–Crippen LogP) is 3.80. The van der Waals surface area contributed by atoms with Gasteiger partial charge in [-0.25, -0.2) is 0 Å². The molecule has 1 aromatic heterocycles. The fraction of sp³-hybridized carbons (Fsp3) is 0.478. The van der Waals surface area contributed by atoms with Crippen LogP contribution in [0, 0.1) is 19.8 Å². The molecule has 29 heavy (non-hydrogen) atoms. The molecule has 0 saturated carbocycles. The largest absolute Gasteiger partial charge is 0.488 e. The summed E-state index contributed by atoms with van der Waals surface area (Å²) in [5.41, 5.74) is 3.52. The van der Waals surface area contributed by atoms with Crippen LogP contribution in [0.3, 0.4) is 0 Å². The summed E-state index contributed by atoms with van der Waals surface area (Å²) in [6.45, 7) is 10.2. The second kappa shape index (κ2) is 9.37. The number of hydrogen-bond acceptors (Lipinski definition) is 5. The van der Waals surface area contributed by atoms with Gasteiger partial charge in [0.05, 0.1) is 13.2 Å². The normalized spacial score (nSPS) is 16.4. The average Bonchev–Trinajstić information content (AvgIpc) is 3.12. The molecule has 1 N–H and O–H groups in total. The van der Waals surface area contributed by atoms with E-state index in [9.17, 15) is 4.79 Å². The molecule has 6 heteroatoms. The van der Waals surface area contributed by atoms with E-state index in [0.29, 0.717) is 31.9 Å². The molecule has 1 amide bonds. The first kappa shape index (κ1) is 21.3. The van der Waals surface area contributed by atoms with E-state index in [1.165, 1.54) is 0 Å². The molecule has 1 atom stereocenters. The molecule has 156 valence electrons. The smallest absolute Gasteiger partial charge is 0.251 e. The van der Waals surface area contributed by atoms with Crippen molar-refractivity contribution in [1.29, 1.82) is 0 Å². The van der Waals surface area contributed by atoms with Gasteiger partial charge in [-0.1, -0.05) is 13.0 Å². The van der Waals surface area contributed by atoms with E-state index in [1.807, 2.05) is 45.0 Å². The maximum absolute atomic E-state index is 12.6. The van der Waals surface area contributed by atoms with E-state index in [-0.39, 0.29) is 11.8 Å². The predicted molar refractivity (Wildman–Crippen MR) is 111 cm³/mol. The number of nitrogens with one attached hydrogen (secondary N) is 1. The van der Waals surface area contributed by atoms with Gasteiger partial charge in [-0.15, -0.1) is 0 Å². The molecular weight excluding hydrogens is 368 g/mol. The van der Waals surface area contributed by atoms with Crippen LogP contribution in [-0.4, -0.2) is 36.4 Å². The number of pyridine rings is 1. The third-order valence-corrected chi connectivity index (χ3v) is 5.06. The number of benzene rings is 1. The number of carbonyl (C=O) groups is 1. The molecule has 2 heterocycles. The van der Waals surface area contributed by atoms with Crippen LogP contribution in [0.4, 0.5) is 0 Å². The Kier molecular flexibility index (Phi) is 6.87. The fourth-order valence-electron chi connectivity index (χ4n) is 3.70. The number of hydrogen-bond donors (Lipinski definition) is 1. The summed E-state index contributed by atoms with van der Waals surface area (Å²) >= 11 is 0. The summed E-state index contributed by atoms with van der Waals surface area (Å²) in [4.78, 5) is 16.7. The molecule has 0 radical (unpaired) electrons. The minimum Gasteiger partial charge on any atom is -0.488 e. The van der Waals surface area contributed by atoms with Gasteiger partial charge in [-0.2, -0.15) is 0 Å². The maximum Gasteiger partial charge on any atom is 0.251 e. The second-order valence-corrected chi connectivity index (χ2v) is 7.94. The summed E-state index contributed by atoms with van der Waals surface area (Å²) in [7, 11) is 0. The van der Waals surface area contributed by atoms with Crippen LogP contribution < -0.4 is 10.1 Å². The quantitative estimate of drug-likeness (QED) is 0.733. The van der Waals surface area contributed by atoms with Crippen molar-refractivity contribution in [2.45, 2.75) is 46.5 Å². The highest BCUT2D eigenvalue weighted by Gasteiger charge is 2.32. The van der Waals surface area contributed by atoms with Crippen molar-refractivity contribution in [3.63, 3.8) is 0 Å². The summed E-state index contributed by atoms with van der Waals surface area (Å²) in [6.07, 6.45) is 4.27. The van der Waals surface area contributed by atoms with Crippen LogP contribution in [0.1, 0.15) is 47.3 Å². The van der Waals surface area contributed by atoms with Crippen molar-refractivity contribution in [3.8, 4) is 5.75 Å². The highest BCUT2D eigenvalue weighted by molar-refractivity contribution is 5.94. The molecule has 0 spiro atoms. The number of nitrogens with zero attached hydrogens (tertiary/aromatic N) is 1. The van der Waals surface area contributed by atoms with E-state index in [2.05, 4.69) is 17.2 Å². The number of aromatic nitrogens is 1. The van der Waals surface area contributed by atoms with E-state index in [4.69, 9.17) is 14.2 Å². The van der Waals surface area contributed by atoms with Crippen molar-refractivity contribution in [3.05, 3.63) is 58.9 Å². The molecule has 6 nitrogen and oxygen atoms in total. The van der Waals surface area contributed by atoms with Crippen LogP contribution in [-0.2, 0) is 16.1 Å². The number of amides is 1. The Hall–Kier alpha value is -2.44. The third kappa shape index (κ3) is 5.78. The SMILES string of the molecule is Cc1cc(C(=O)NCC(C)CC2(C)OCCO2)cc(C)c1OCc1cccnc1. The van der Waals surface area contributed by atoms with Gasteiger partial charge >= 0.3 is 0 Å². The Morgan fingerprint density at radius 3 is 2.59 bits per heavy atom. The monoisotopic (exact) mass is 398 g/mol. The Labute approximate surface area is 172 Å². The zero-order chi connectivity index (χ0) is 20.9. The molecular formula is C23H30N2O4. The number of carbonyl (C=O) groups excluding carboxylic acids is 1. The summed E-state index contributed by atoms with van der Waals surface area (Å²) in [5.74, 6) is 0.429. The van der Waals surface area contributed by atoms with Crippen LogP contribution in [0.5, 0.6) is 5.75 Å². The maximum atomic E-state index is 12.6. The fourth-order valence-corrected chi connectivity index (χ4v) is 3.70. The van der Waals surface area contributed by atoms with E-state index in [0.717, 1.165) is 28.9 Å². The Bertz CT molecular complexity index is 809. The summed E-state index contributed by atoms with van der Waals surface area (Å²) < 4.78 is 17.3. The summed E-state index contributed by atoms with van der Waals surface area (Å²) in [5, 5.41) is 3.02. The molecule has 3 rings (SSSR count). The molecule has 1 aliphatic heterocycles. The molecule has 0 bridgehead atoms. The van der Waals surface area contributed by atoms with Gasteiger partial charge in [-0.3, -0.25) is 9.78 Å². The molecule has 1 aromatic carbocycles. The molecule has 1 unspecified atom stereocenters. The second-order valence-electron chi connectivity index (χ2n) is 7.94. The Morgan fingerprint density at radius 2 is 1.97 bits per heavy atom. The van der Waals surface area contributed by atoms with Gasteiger partial charge in [0.2, 0.25) is 0 Å². The van der Waals surface area contributed by atoms with Crippen LogP contribution in [0.25, 0.3) is 0 Å². The van der Waals surface area contributed by atoms with Gasteiger partial charge < -0.3 is 19.5 Å². The number of rotatable bonds is 8. The number of aryl methyl sites for hydroxylation is 2. The third-order valence-electron chi connectivity index (χ3n) is 5.06. The van der Waals surface area contributed by atoms with Crippen LogP contribution >= 0.6 is 0 Å². The summed E-state index contributed by atoms with van der Waals surface area (Å²) in [6, 6.07) is 7.60. The lowest BCUT2D eigenvalue weighted by atomic mass is 10.0.